The summed E-state index contributed by atoms with van der Waals surface area (Å²) in [5.74, 6) is 0.280. The molecule has 0 amide bonds. The quantitative estimate of drug-likeness (QED) is 0.405. The van der Waals surface area contributed by atoms with E-state index < -0.39 is 37.3 Å². The Balaban J connectivity index is 1.66. The Bertz CT molecular complexity index is 797. The number of aliphatic hydroxyl groups is 4. The molecular weight excluding hydrogens is 368 g/mol. The van der Waals surface area contributed by atoms with Crippen LogP contribution in [0.5, 0.6) is 17.2 Å². The highest BCUT2D eigenvalue weighted by Crippen LogP contribution is 2.25. The number of hydrogen-bond acceptors (Lipinski definition) is 8. The second-order valence-corrected chi connectivity index (χ2v) is 6.50. The van der Waals surface area contributed by atoms with Crippen LogP contribution < -0.4 is 4.74 Å². The lowest BCUT2D eigenvalue weighted by Gasteiger charge is -2.39. The summed E-state index contributed by atoms with van der Waals surface area (Å²) in [5.41, 5.74) is 1.43. The van der Waals surface area contributed by atoms with Gasteiger partial charge >= 0.3 is 0 Å². The molecule has 1 aliphatic rings. The number of benzene rings is 2. The molecule has 0 saturated carbocycles. The first-order chi connectivity index (χ1) is 13.4. The third-order valence-electron chi connectivity index (χ3n) is 4.37. The monoisotopic (exact) mass is 390 g/mol. The minimum atomic E-state index is -1.50. The molecule has 5 atom stereocenters. The normalized spacial score (nSPS) is 27.8. The summed E-state index contributed by atoms with van der Waals surface area (Å²) in [6.07, 6.45) is -3.22. The molecule has 8 heteroatoms. The number of rotatable bonds is 5. The maximum Gasteiger partial charge on any atom is 0.229 e. The Morgan fingerprint density at radius 3 is 2.04 bits per heavy atom. The maximum atomic E-state index is 10.00. The number of aromatic hydroxyl groups is 2. The van der Waals surface area contributed by atoms with E-state index >= 15 is 0 Å². The summed E-state index contributed by atoms with van der Waals surface area (Å²) in [4.78, 5) is 0. The largest absolute Gasteiger partial charge is 0.508 e. The van der Waals surface area contributed by atoms with Gasteiger partial charge < -0.3 is 40.1 Å². The Hall–Kier alpha value is -2.62. The molecule has 0 bridgehead atoms. The molecule has 0 aliphatic carbocycles. The van der Waals surface area contributed by atoms with Crippen molar-refractivity contribution in [2.75, 3.05) is 6.61 Å². The zero-order valence-electron chi connectivity index (χ0n) is 14.8. The molecule has 1 heterocycles. The number of phenols is 2. The predicted octanol–water partition coefficient (Wildman–Crippen LogP) is 0.447. The van der Waals surface area contributed by atoms with Crippen molar-refractivity contribution in [2.45, 2.75) is 30.7 Å². The molecule has 0 aromatic heterocycles. The van der Waals surface area contributed by atoms with E-state index in [0.29, 0.717) is 11.3 Å². The molecule has 0 unspecified atom stereocenters. The van der Waals surface area contributed by atoms with Gasteiger partial charge in [0.05, 0.1) is 6.61 Å². The van der Waals surface area contributed by atoms with Crippen LogP contribution in [0.15, 0.2) is 42.5 Å². The predicted molar refractivity (Wildman–Crippen MR) is 99.5 cm³/mol. The second kappa shape index (κ2) is 8.59. The van der Waals surface area contributed by atoms with E-state index in [2.05, 4.69) is 0 Å². The van der Waals surface area contributed by atoms with Gasteiger partial charge in [-0.05, 0) is 35.4 Å². The van der Waals surface area contributed by atoms with Crippen LogP contribution >= 0.6 is 0 Å². The molecule has 0 spiro atoms. The van der Waals surface area contributed by atoms with Crippen LogP contribution in [0.25, 0.3) is 12.2 Å². The smallest absolute Gasteiger partial charge is 0.229 e. The standard InChI is InChI=1S/C20H22O8/c21-10-16-17(24)18(25)19(26)20(28-16)27-15-5-3-11(4-6-15)1-2-12-7-13(22)9-14(23)8-12/h1-9,16-26H,10H2/b2-1+/t16-,17-,18+,19-,20+/m1/s1. The highest BCUT2D eigenvalue weighted by atomic mass is 16.7. The Morgan fingerprint density at radius 1 is 0.821 bits per heavy atom. The first-order valence-electron chi connectivity index (χ1n) is 8.65. The summed E-state index contributed by atoms with van der Waals surface area (Å²) in [5, 5.41) is 57.7. The Morgan fingerprint density at radius 2 is 1.43 bits per heavy atom. The number of ether oxygens (including phenoxy) is 2. The van der Waals surface area contributed by atoms with Crippen LogP contribution in [0.3, 0.4) is 0 Å². The van der Waals surface area contributed by atoms with E-state index in [4.69, 9.17) is 9.47 Å². The minimum Gasteiger partial charge on any atom is -0.508 e. The molecule has 6 N–H and O–H groups in total. The third-order valence-corrected chi connectivity index (χ3v) is 4.37. The molecule has 150 valence electrons. The van der Waals surface area contributed by atoms with E-state index in [1.54, 1.807) is 36.4 Å². The minimum absolute atomic E-state index is 0.0390. The fourth-order valence-electron chi connectivity index (χ4n) is 2.86. The van der Waals surface area contributed by atoms with Gasteiger partial charge in [-0.25, -0.2) is 0 Å². The molecule has 0 radical (unpaired) electrons. The van der Waals surface area contributed by atoms with E-state index in [1.807, 2.05) is 0 Å². The average molecular weight is 390 g/mol. The van der Waals surface area contributed by atoms with Gasteiger partial charge in [-0.15, -0.1) is 0 Å². The Kier molecular flexibility index (Phi) is 6.18. The second-order valence-electron chi connectivity index (χ2n) is 6.50. The first-order valence-corrected chi connectivity index (χ1v) is 8.65. The maximum absolute atomic E-state index is 10.00. The van der Waals surface area contributed by atoms with Crippen molar-refractivity contribution in [1.82, 2.24) is 0 Å². The first kappa shape index (κ1) is 20.1. The molecule has 2 aromatic carbocycles. The molecule has 3 rings (SSSR count). The van der Waals surface area contributed by atoms with Crippen LogP contribution in [0, 0.1) is 0 Å². The van der Waals surface area contributed by atoms with Gasteiger partial charge in [-0.3, -0.25) is 0 Å². The summed E-state index contributed by atoms with van der Waals surface area (Å²) in [6.45, 7) is -0.529. The van der Waals surface area contributed by atoms with Gasteiger partial charge in [0.1, 0.15) is 41.7 Å². The summed E-state index contributed by atoms with van der Waals surface area (Å²) < 4.78 is 10.8. The van der Waals surface area contributed by atoms with Crippen molar-refractivity contribution in [1.29, 1.82) is 0 Å². The number of phenolic OH excluding ortho intramolecular Hbond substituents is 2. The van der Waals surface area contributed by atoms with E-state index in [9.17, 15) is 30.6 Å². The van der Waals surface area contributed by atoms with Gasteiger partial charge in [0, 0.05) is 6.07 Å². The molecule has 1 aliphatic heterocycles. The summed E-state index contributed by atoms with van der Waals surface area (Å²) >= 11 is 0. The molecule has 1 fully saturated rings. The van der Waals surface area contributed by atoms with Crippen LogP contribution in [-0.2, 0) is 4.74 Å². The van der Waals surface area contributed by atoms with Crippen molar-refractivity contribution >= 4 is 12.2 Å². The zero-order valence-corrected chi connectivity index (χ0v) is 14.8. The molecule has 8 nitrogen and oxygen atoms in total. The van der Waals surface area contributed by atoms with Crippen molar-refractivity contribution in [3.05, 3.63) is 53.6 Å². The summed E-state index contributed by atoms with van der Waals surface area (Å²) in [7, 11) is 0. The van der Waals surface area contributed by atoms with Crippen molar-refractivity contribution in [3.8, 4) is 17.2 Å². The van der Waals surface area contributed by atoms with Crippen LogP contribution in [-0.4, -0.2) is 68.0 Å². The lowest BCUT2D eigenvalue weighted by atomic mass is 9.99. The molecule has 28 heavy (non-hydrogen) atoms. The van der Waals surface area contributed by atoms with Crippen molar-refractivity contribution < 1.29 is 40.1 Å². The highest BCUT2D eigenvalue weighted by molar-refractivity contribution is 5.71. The van der Waals surface area contributed by atoms with Gasteiger partial charge in [-0.2, -0.15) is 0 Å². The van der Waals surface area contributed by atoms with Crippen LogP contribution in [0.1, 0.15) is 11.1 Å². The van der Waals surface area contributed by atoms with Gasteiger partial charge in [-0.1, -0.05) is 24.3 Å². The van der Waals surface area contributed by atoms with Crippen LogP contribution in [0.2, 0.25) is 0 Å². The SMILES string of the molecule is OC[C@H]1O[C@H](Oc2ccc(/C=C/c3cc(O)cc(O)c3)cc2)[C@H](O)[C@@H](O)[C@@H]1O. The topological polar surface area (TPSA) is 140 Å². The van der Waals surface area contributed by atoms with Gasteiger partial charge in [0.25, 0.3) is 0 Å². The number of aliphatic hydroxyl groups excluding tert-OH is 4. The lowest BCUT2D eigenvalue weighted by molar-refractivity contribution is -0.277. The van der Waals surface area contributed by atoms with Crippen molar-refractivity contribution in [3.63, 3.8) is 0 Å². The summed E-state index contributed by atoms with van der Waals surface area (Å²) in [6, 6.07) is 11.0. The lowest BCUT2D eigenvalue weighted by Crippen LogP contribution is -2.60. The molecule has 1 saturated heterocycles. The van der Waals surface area contributed by atoms with E-state index in [-0.39, 0.29) is 11.5 Å². The van der Waals surface area contributed by atoms with Gasteiger partial charge in [0.2, 0.25) is 6.29 Å². The van der Waals surface area contributed by atoms with Gasteiger partial charge in [0.15, 0.2) is 0 Å². The fraction of sp³-hybridized carbons (Fsp3) is 0.300. The zero-order chi connectivity index (χ0) is 20.3. The van der Waals surface area contributed by atoms with E-state index in [0.717, 1.165) is 5.56 Å². The Labute approximate surface area is 161 Å². The highest BCUT2D eigenvalue weighted by Gasteiger charge is 2.44. The van der Waals surface area contributed by atoms with Crippen LogP contribution in [0.4, 0.5) is 0 Å². The molecule has 2 aromatic rings. The molecular formula is C20H22O8. The fourth-order valence-corrected chi connectivity index (χ4v) is 2.86. The van der Waals surface area contributed by atoms with E-state index in [1.165, 1.54) is 18.2 Å². The van der Waals surface area contributed by atoms with Crippen molar-refractivity contribution in [2.24, 2.45) is 0 Å². The number of hydrogen-bond donors (Lipinski definition) is 6. The average Bonchev–Trinajstić information content (AvgIpc) is 2.67. The third kappa shape index (κ3) is 4.61.